The van der Waals surface area contributed by atoms with Crippen molar-refractivity contribution in [1.82, 2.24) is 4.57 Å². The van der Waals surface area contributed by atoms with E-state index >= 15 is 0 Å². The number of anilines is 2. The van der Waals surface area contributed by atoms with Crippen LogP contribution >= 0.6 is 0 Å². The van der Waals surface area contributed by atoms with Crippen molar-refractivity contribution in [3.8, 4) is 11.1 Å². The first-order valence-electron chi connectivity index (χ1n) is 11.2. The van der Waals surface area contributed by atoms with Gasteiger partial charge in [0.2, 0.25) is 0 Å². The van der Waals surface area contributed by atoms with E-state index in [1.807, 2.05) is 0 Å². The predicted octanol–water partition coefficient (Wildman–Crippen LogP) is 8.38. The molecule has 2 heteroatoms. The first-order valence-corrected chi connectivity index (χ1v) is 11.2. The third-order valence-corrected chi connectivity index (χ3v) is 6.36. The average Bonchev–Trinajstić information content (AvgIpc) is 3.17. The summed E-state index contributed by atoms with van der Waals surface area (Å²) in [6, 6.07) is 39.1. The standard InChI is InChI=1S/C30H24N2/c1-2-32-29-13-6-5-11-27(29)28-20-24(18-19-30(28)32)31-23-16-14-22(15-17-23)26-12-7-9-21-8-3-4-10-25(21)26/h3-20,31H,2H2,1H3. The van der Waals surface area contributed by atoms with Gasteiger partial charge in [0.05, 0.1) is 0 Å². The van der Waals surface area contributed by atoms with Gasteiger partial charge in [-0.3, -0.25) is 0 Å². The molecule has 0 spiro atoms. The van der Waals surface area contributed by atoms with Crippen LogP contribution in [0.15, 0.2) is 109 Å². The summed E-state index contributed by atoms with van der Waals surface area (Å²) in [6.07, 6.45) is 0. The van der Waals surface area contributed by atoms with Crippen LogP contribution in [0.25, 0.3) is 43.7 Å². The SMILES string of the molecule is CCn1c2ccccc2c2cc(Nc3ccc(-c4cccc5ccccc45)cc3)ccc21. The van der Waals surface area contributed by atoms with Crippen molar-refractivity contribution in [3.63, 3.8) is 0 Å². The number of hydrogen-bond acceptors (Lipinski definition) is 1. The van der Waals surface area contributed by atoms with Gasteiger partial charge in [-0.1, -0.05) is 72.8 Å². The topological polar surface area (TPSA) is 17.0 Å². The molecule has 6 aromatic rings. The number of hydrogen-bond donors (Lipinski definition) is 1. The maximum absolute atomic E-state index is 3.59. The molecule has 6 rings (SSSR count). The largest absolute Gasteiger partial charge is 0.356 e. The molecule has 32 heavy (non-hydrogen) atoms. The minimum Gasteiger partial charge on any atom is -0.356 e. The zero-order chi connectivity index (χ0) is 21.5. The third kappa shape index (κ3) is 3.04. The fraction of sp³-hybridized carbons (Fsp3) is 0.0667. The molecule has 0 bridgehead atoms. The van der Waals surface area contributed by atoms with E-state index in [0.717, 1.165) is 17.9 Å². The fourth-order valence-electron chi connectivity index (χ4n) is 4.85. The van der Waals surface area contributed by atoms with Gasteiger partial charge in [0.25, 0.3) is 0 Å². The zero-order valence-electron chi connectivity index (χ0n) is 18.0. The monoisotopic (exact) mass is 412 g/mol. The van der Waals surface area contributed by atoms with Crippen LogP contribution in [-0.2, 0) is 6.54 Å². The number of fused-ring (bicyclic) bond motifs is 4. The molecule has 1 N–H and O–H groups in total. The van der Waals surface area contributed by atoms with Crippen LogP contribution in [0.4, 0.5) is 11.4 Å². The van der Waals surface area contributed by atoms with Crippen molar-refractivity contribution in [2.45, 2.75) is 13.5 Å². The summed E-state index contributed by atoms with van der Waals surface area (Å²) in [5, 5.41) is 8.75. The quantitative estimate of drug-likeness (QED) is 0.308. The highest BCUT2D eigenvalue weighted by atomic mass is 15.0. The van der Waals surface area contributed by atoms with Crippen LogP contribution in [0.1, 0.15) is 6.92 Å². The van der Waals surface area contributed by atoms with E-state index in [0.29, 0.717) is 0 Å². The van der Waals surface area contributed by atoms with Gasteiger partial charge >= 0.3 is 0 Å². The Balaban J connectivity index is 1.35. The van der Waals surface area contributed by atoms with E-state index in [2.05, 4.69) is 126 Å². The van der Waals surface area contributed by atoms with Gasteiger partial charge in [0, 0.05) is 39.7 Å². The highest BCUT2D eigenvalue weighted by Crippen LogP contribution is 2.33. The molecular weight excluding hydrogens is 388 g/mol. The Morgan fingerprint density at radius 3 is 2.12 bits per heavy atom. The van der Waals surface area contributed by atoms with Gasteiger partial charge in [0.15, 0.2) is 0 Å². The number of benzene rings is 5. The van der Waals surface area contributed by atoms with Crippen LogP contribution in [0.5, 0.6) is 0 Å². The molecule has 0 aliphatic heterocycles. The second-order valence-corrected chi connectivity index (χ2v) is 8.22. The highest BCUT2D eigenvalue weighted by molar-refractivity contribution is 6.09. The molecule has 0 atom stereocenters. The molecular formula is C30H24N2. The van der Waals surface area contributed by atoms with Crippen LogP contribution in [0, 0.1) is 0 Å². The van der Waals surface area contributed by atoms with Gasteiger partial charge in [-0.2, -0.15) is 0 Å². The van der Waals surface area contributed by atoms with Crippen molar-refractivity contribution >= 4 is 44.0 Å². The number of nitrogens with zero attached hydrogens (tertiary/aromatic N) is 1. The van der Waals surface area contributed by atoms with E-state index in [1.54, 1.807) is 0 Å². The van der Waals surface area contributed by atoms with Crippen LogP contribution in [0.3, 0.4) is 0 Å². The summed E-state index contributed by atoms with van der Waals surface area (Å²) in [7, 11) is 0. The summed E-state index contributed by atoms with van der Waals surface area (Å²) in [5.74, 6) is 0. The van der Waals surface area contributed by atoms with Gasteiger partial charge in [-0.15, -0.1) is 0 Å². The first kappa shape index (κ1) is 18.7. The number of nitrogens with one attached hydrogen (secondary N) is 1. The number of aromatic nitrogens is 1. The molecule has 0 aliphatic rings. The molecule has 0 unspecified atom stereocenters. The lowest BCUT2D eigenvalue weighted by Crippen LogP contribution is -1.93. The highest BCUT2D eigenvalue weighted by Gasteiger charge is 2.10. The van der Waals surface area contributed by atoms with Gasteiger partial charge in [0.1, 0.15) is 0 Å². The Hall–Kier alpha value is -4.04. The van der Waals surface area contributed by atoms with Crippen molar-refractivity contribution in [3.05, 3.63) is 109 Å². The fourth-order valence-corrected chi connectivity index (χ4v) is 4.85. The Morgan fingerprint density at radius 1 is 0.594 bits per heavy atom. The Kier molecular flexibility index (Phi) is 4.43. The number of para-hydroxylation sites is 1. The lowest BCUT2D eigenvalue weighted by molar-refractivity contribution is 0.827. The summed E-state index contributed by atoms with van der Waals surface area (Å²) in [6.45, 7) is 3.17. The summed E-state index contributed by atoms with van der Waals surface area (Å²) in [4.78, 5) is 0. The van der Waals surface area contributed by atoms with E-state index in [-0.39, 0.29) is 0 Å². The smallest absolute Gasteiger partial charge is 0.0492 e. The molecule has 1 aromatic heterocycles. The number of rotatable bonds is 4. The lowest BCUT2D eigenvalue weighted by Gasteiger charge is -2.10. The van der Waals surface area contributed by atoms with Crippen LogP contribution in [-0.4, -0.2) is 4.57 Å². The molecule has 0 fully saturated rings. The molecule has 0 saturated heterocycles. The van der Waals surface area contributed by atoms with Crippen molar-refractivity contribution in [2.24, 2.45) is 0 Å². The molecule has 0 aliphatic carbocycles. The summed E-state index contributed by atoms with van der Waals surface area (Å²) < 4.78 is 2.38. The molecule has 0 saturated carbocycles. The maximum atomic E-state index is 3.59. The Bertz CT molecular complexity index is 1570. The molecule has 0 amide bonds. The normalized spacial score (nSPS) is 11.4. The second kappa shape index (κ2) is 7.58. The minimum atomic E-state index is 0.965. The molecule has 0 radical (unpaired) electrons. The molecule has 5 aromatic carbocycles. The van der Waals surface area contributed by atoms with Crippen molar-refractivity contribution in [2.75, 3.05) is 5.32 Å². The van der Waals surface area contributed by atoms with Crippen LogP contribution in [0.2, 0.25) is 0 Å². The minimum absolute atomic E-state index is 0.965. The predicted molar refractivity (Wildman–Crippen MR) is 138 cm³/mol. The molecule has 2 nitrogen and oxygen atoms in total. The van der Waals surface area contributed by atoms with E-state index in [9.17, 15) is 0 Å². The van der Waals surface area contributed by atoms with Crippen LogP contribution < -0.4 is 5.32 Å². The Labute approximate surface area is 187 Å². The maximum Gasteiger partial charge on any atom is 0.0492 e. The zero-order valence-corrected chi connectivity index (χ0v) is 18.0. The van der Waals surface area contributed by atoms with E-state index in [4.69, 9.17) is 0 Å². The Morgan fingerprint density at radius 2 is 1.28 bits per heavy atom. The summed E-state index contributed by atoms with van der Waals surface area (Å²) >= 11 is 0. The second-order valence-electron chi connectivity index (χ2n) is 8.22. The average molecular weight is 413 g/mol. The van der Waals surface area contributed by atoms with Gasteiger partial charge < -0.3 is 9.88 Å². The van der Waals surface area contributed by atoms with E-state index < -0.39 is 0 Å². The molecule has 154 valence electrons. The van der Waals surface area contributed by atoms with E-state index in [1.165, 1.54) is 43.7 Å². The molecule has 1 heterocycles. The first-order chi connectivity index (χ1) is 15.8. The number of aryl methyl sites for hydroxylation is 1. The lowest BCUT2D eigenvalue weighted by atomic mass is 9.98. The van der Waals surface area contributed by atoms with Crippen molar-refractivity contribution in [1.29, 1.82) is 0 Å². The third-order valence-electron chi connectivity index (χ3n) is 6.36. The summed E-state index contributed by atoms with van der Waals surface area (Å²) in [5.41, 5.74) is 7.27. The van der Waals surface area contributed by atoms with Gasteiger partial charge in [-0.25, -0.2) is 0 Å². The van der Waals surface area contributed by atoms with Gasteiger partial charge in [-0.05, 0) is 65.2 Å². The van der Waals surface area contributed by atoms with Crippen molar-refractivity contribution < 1.29 is 0 Å².